The molecule has 2 N–H and O–H groups in total. The van der Waals surface area contributed by atoms with E-state index in [1.54, 1.807) is 0 Å². The quantitative estimate of drug-likeness (QED) is 0.676. The Bertz CT molecular complexity index is 652. The summed E-state index contributed by atoms with van der Waals surface area (Å²) in [7, 11) is 0. The Morgan fingerprint density at radius 1 is 1.31 bits per heavy atom. The van der Waals surface area contributed by atoms with Crippen molar-refractivity contribution in [3.05, 3.63) is 36.0 Å². The molecule has 0 atom stereocenters. The van der Waals surface area contributed by atoms with E-state index >= 15 is 0 Å². The van der Waals surface area contributed by atoms with Gasteiger partial charge in [-0.05, 0) is 18.6 Å². The molecule has 2 aromatic heterocycles. The van der Waals surface area contributed by atoms with Gasteiger partial charge in [0.1, 0.15) is 11.3 Å². The summed E-state index contributed by atoms with van der Waals surface area (Å²) in [5.41, 5.74) is 8.14. The summed E-state index contributed by atoms with van der Waals surface area (Å²) >= 11 is 0. The lowest BCUT2D eigenvalue weighted by molar-refractivity contribution is 0.421. The lowest BCUT2D eigenvalue weighted by Gasteiger charge is -1.92. The van der Waals surface area contributed by atoms with E-state index in [9.17, 15) is 0 Å². The number of rotatable bonds is 1. The largest absolute Gasteiger partial charge is 0.452 e. The summed E-state index contributed by atoms with van der Waals surface area (Å²) in [5, 5.41) is 4.66. The zero-order chi connectivity index (χ0) is 11.1. The molecule has 16 heavy (non-hydrogen) atoms. The van der Waals surface area contributed by atoms with Gasteiger partial charge in [-0.15, -0.1) is 0 Å². The van der Waals surface area contributed by atoms with Crippen molar-refractivity contribution in [2.45, 2.75) is 6.92 Å². The summed E-state index contributed by atoms with van der Waals surface area (Å²) in [6.45, 7) is 2.00. The van der Waals surface area contributed by atoms with Crippen molar-refractivity contribution in [2.24, 2.45) is 0 Å². The lowest BCUT2D eigenvalue weighted by atomic mass is 10.2. The van der Waals surface area contributed by atoms with Gasteiger partial charge in [0, 0.05) is 5.39 Å². The van der Waals surface area contributed by atoms with E-state index in [4.69, 9.17) is 14.7 Å². The van der Waals surface area contributed by atoms with Crippen molar-refractivity contribution in [3.8, 4) is 11.5 Å². The Hall–Kier alpha value is -2.23. The van der Waals surface area contributed by atoms with Crippen molar-refractivity contribution in [1.82, 2.24) is 5.16 Å². The van der Waals surface area contributed by atoms with Crippen LogP contribution in [0, 0.1) is 6.92 Å². The second-order valence-corrected chi connectivity index (χ2v) is 3.71. The molecular formula is C12H10N2O2. The van der Waals surface area contributed by atoms with Gasteiger partial charge >= 0.3 is 0 Å². The molecule has 0 amide bonds. The van der Waals surface area contributed by atoms with Gasteiger partial charge in [-0.2, -0.15) is 0 Å². The highest BCUT2D eigenvalue weighted by molar-refractivity contribution is 5.85. The summed E-state index contributed by atoms with van der Waals surface area (Å²) in [5.74, 6) is 1.09. The van der Waals surface area contributed by atoms with Crippen LogP contribution >= 0.6 is 0 Å². The third-order valence-electron chi connectivity index (χ3n) is 2.56. The zero-order valence-corrected chi connectivity index (χ0v) is 8.73. The van der Waals surface area contributed by atoms with Gasteiger partial charge in [-0.1, -0.05) is 23.4 Å². The number of aryl methyl sites for hydroxylation is 1. The molecule has 0 fully saturated rings. The topological polar surface area (TPSA) is 65.2 Å². The van der Waals surface area contributed by atoms with Gasteiger partial charge in [0.05, 0.1) is 6.20 Å². The smallest absolute Gasteiger partial charge is 0.224 e. The molecule has 0 unspecified atom stereocenters. The highest BCUT2D eigenvalue weighted by atomic mass is 16.5. The first-order valence-electron chi connectivity index (χ1n) is 4.95. The molecule has 0 spiro atoms. The highest BCUT2D eigenvalue weighted by Gasteiger charge is 2.14. The molecule has 0 bridgehead atoms. The van der Waals surface area contributed by atoms with Crippen LogP contribution < -0.4 is 5.73 Å². The fourth-order valence-corrected chi connectivity index (χ4v) is 1.76. The molecule has 80 valence electrons. The Labute approximate surface area is 91.6 Å². The number of benzene rings is 1. The molecule has 0 saturated carbocycles. The monoisotopic (exact) mass is 214 g/mol. The molecule has 1 aromatic carbocycles. The van der Waals surface area contributed by atoms with Gasteiger partial charge in [0.25, 0.3) is 0 Å². The third-order valence-corrected chi connectivity index (χ3v) is 2.56. The first kappa shape index (κ1) is 9.03. The van der Waals surface area contributed by atoms with Gasteiger partial charge in [-0.25, -0.2) is 0 Å². The van der Waals surface area contributed by atoms with Crippen molar-refractivity contribution in [2.75, 3.05) is 5.73 Å². The summed E-state index contributed by atoms with van der Waals surface area (Å²) in [4.78, 5) is 0. The molecule has 0 aliphatic rings. The van der Waals surface area contributed by atoms with Crippen LogP contribution in [0.2, 0.25) is 0 Å². The van der Waals surface area contributed by atoms with E-state index in [2.05, 4.69) is 5.16 Å². The van der Waals surface area contributed by atoms with Crippen LogP contribution in [-0.2, 0) is 0 Å². The average Bonchev–Trinajstić information content (AvgIpc) is 2.84. The van der Waals surface area contributed by atoms with Crippen LogP contribution in [0.5, 0.6) is 0 Å². The minimum atomic E-state index is 0.482. The fraction of sp³-hybridized carbons (Fsp3) is 0.0833. The van der Waals surface area contributed by atoms with Crippen LogP contribution in [0.3, 0.4) is 0 Å². The standard InChI is InChI=1S/C12H10N2O2/c1-7-3-2-4-8-5-10(15-11(7)8)12-9(13)6-14-16-12/h2-6H,13H2,1H3. The normalized spacial score (nSPS) is 11.1. The number of anilines is 1. The predicted molar refractivity (Wildman–Crippen MR) is 60.9 cm³/mol. The van der Waals surface area contributed by atoms with Crippen LogP contribution in [0.25, 0.3) is 22.5 Å². The number of hydrogen-bond acceptors (Lipinski definition) is 4. The summed E-state index contributed by atoms with van der Waals surface area (Å²) in [6.07, 6.45) is 1.47. The molecule has 2 heterocycles. The molecule has 4 nitrogen and oxygen atoms in total. The number of nitrogen functional groups attached to an aromatic ring is 1. The first-order chi connectivity index (χ1) is 7.75. The fourth-order valence-electron chi connectivity index (χ4n) is 1.76. The summed E-state index contributed by atoms with van der Waals surface area (Å²) in [6, 6.07) is 7.88. The molecule has 0 saturated heterocycles. The van der Waals surface area contributed by atoms with Crippen molar-refractivity contribution in [3.63, 3.8) is 0 Å². The van der Waals surface area contributed by atoms with E-state index in [-0.39, 0.29) is 0 Å². The van der Waals surface area contributed by atoms with Gasteiger partial charge in [-0.3, -0.25) is 0 Å². The number of hydrogen-bond donors (Lipinski definition) is 1. The van der Waals surface area contributed by atoms with Crippen molar-refractivity contribution >= 4 is 16.7 Å². The average molecular weight is 214 g/mol. The number of aromatic nitrogens is 1. The van der Waals surface area contributed by atoms with E-state index < -0.39 is 0 Å². The minimum absolute atomic E-state index is 0.482. The van der Waals surface area contributed by atoms with Crippen LogP contribution in [0.4, 0.5) is 5.69 Å². The maximum atomic E-state index is 5.72. The molecule has 0 radical (unpaired) electrons. The SMILES string of the molecule is Cc1cccc2cc(-c3oncc3N)oc12. The lowest BCUT2D eigenvalue weighted by Crippen LogP contribution is -1.82. The maximum Gasteiger partial charge on any atom is 0.224 e. The van der Waals surface area contributed by atoms with E-state index in [0.717, 1.165) is 16.5 Å². The second kappa shape index (κ2) is 3.13. The van der Waals surface area contributed by atoms with Crippen molar-refractivity contribution < 1.29 is 8.94 Å². The summed E-state index contributed by atoms with van der Waals surface area (Å²) < 4.78 is 10.8. The highest BCUT2D eigenvalue weighted by Crippen LogP contribution is 2.32. The van der Waals surface area contributed by atoms with E-state index in [1.165, 1.54) is 6.20 Å². The second-order valence-electron chi connectivity index (χ2n) is 3.71. The molecule has 3 aromatic rings. The predicted octanol–water partition coefficient (Wildman–Crippen LogP) is 2.98. The molecule has 4 heteroatoms. The molecule has 3 rings (SSSR count). The number of fused-ring (bicyclic) bond motifs is 1. The van der Waals surface area contributed by atoms with Crippen LogP contribution in [-0.4, -0.2) is 5.16 Å². The number of nitrogens with two attached hydrogens (primary N) is 1. The van der Waals surface area contributed by atoms with Crippen molar-refractivity contribution in [1.29, 1.82) is 0 Å². The molecular weight excluding hydrogens is 204 g/mol. The van der Waals surface area contributed by atoms with Gasteiger partial charge in [0.2, 0.25) is 5.76 Å². The molecule has 0 aliphatic carbocycles. The minimum Gasteiger partial charge on any atom is -0.452 e. The van der Waals surface area contributed by atoms with Crippen LogP contribution in [0.1, 0.15) is 5.56 Å². The number of nitrogens with zero attached hydrogens (tertiary/aromatic N) is 1. The molecule has 0 aliphatic heterocycles. The van der Waals surface area contributed by atoms with Gasteiger partial charge in [0.15, 0.2) is 5.76 Å². The Morgan fingerprint density at radius 3 is 2.88 bits per heavy atom. The zero-order valence-electron chi connectivity index (χ0n) is 8.73. The first-order valence-corrected chi connectivity index (χ1v) is 4.95. The number of para-hydroxylation sites is 1. The van der Waals surface area contributed by atoms with E-state index in [0.29, 0.717) is 17.2 Å². The van der Waals surface area contributed by atoms with E-state index in [1.807, 2.05) is 31.2 Å². The van der Waals surface area contributed by atoms with Gasteiger partial charge < -0.3 is 14.7 Å². The Balaban J connectivity index is 2.27. The third kappa shape index (κ3) is 1.20. The maximum absolute atomic E-state index is 5.72. The Morgan fingerprint density at radius 2 is 2.19 bits per heavy atom. The number of furan rings is 1. The van der Waals surface area contributed by atoms with Crippen LogP contribution in [0.15, 0.2) is 39.4 Å². The Kier molecular flexibility index (Phi) is 1.77.